The molecule has 0 aliphatic carbocycles. The van der Waals surface area contributed by atoms with Crippen molar-refractivity contribution < 1.29 is 9.21 Å². The molecule has 0 radical (unpaired) electrons. The maximum atomic E-state index is 12.3. The molecular formula is C20H21N7O2. The number of hydrogen-bond donors (Lipinski definition) is 1. The molecule has 0 aliphatic rings. The van der Waals surface area contributed by atoms with Crippen LogP contribution in [0.3, 0.4) is 0 Å². The summed E-state index contributed by atoms with van der Waals surface area (Å²) in [5.74, 6) is 0.708. The molecule has 0 atom stereocenters. The molecule has 148 valence electrons. The van der Waals surface area contributed by atoms with Crippen LogP contribution in [0.15, 0.2) is 53.5 Å². The molecule has 1 aromatic carbocycles. The Morgan fingerprint density at radius 3 is 2.90 bits per heavy atom. The molecule has 3 heterocycles. The van der Waals surface area contributed by atoms with Crippen LogP contribution in [0.1, 0.15) is 23.6 Å². The second-order valence-electron chi connectivity index (χ2n) is 6.78. The van der Waals surface area contributed by atoms with Crippen molar-refractivity contribution in [3.63, 3.8) is 0 Å². The fourth-order valence-corrected chi connectivity index (χ4v) is 3.05. The van der Waals surface area contributed by atoms with Crippen molar-refractivity contribution in [1.82, 2.24) is 29.5 Å². The van der Waals surface area contributed by atoms with Gasteiger partial charge in [-0.25, -0.2) is 4.98 Å². The van der Waals surface area contributed by atoms with E-state index in [1.54, 1.807) is 17.2 Å². The molecule has 0 aliphatic heterocycles. The molecule has 1 amide bonds. The number of imidazole rings is 1. The molecule has 0 spiro atoms. The number of amides is 1. The number of aryl methyl sites for hydroxylation is 3. The van der Waals surface area contributed by atoms with Gasteiger partial charge in [-0.3, -0.25) is 9.48 Å². The minimum absolute atomic E-state index is 0.110. The average Bonchev–Trinajstić information content (AvgIpc) is 3.42. The van der Waals surface area contributed by atoms with Crippen LogP contribution < -0.4 is 5.32 Å². The van der Waals surface area contributed by atoms with Crippen molar-refractivity contribution in [3.05, 3.63) is 66.2 Å². The zero-order valence-electron chi connectivity index (χ0n) is 16.2. The summed E-state index contributed by atoms with van der Waals surface area (Å²) in [6.45, 7) is 2.59. The van der Waals surface area contributed by atoms with Gasteiger partial charge in [0.2, 0.25) is 11.8 Å². The molecule has 4 aromatic rings. The standard InChI is InChI=1S/C20H21N7O2/c1-14-10-17(26(2)25-14)20-24-23-19(29-20)7-6-18(28)22-16-5-3-4-15(11-16)12-27-9-8-21-13-27/h3-5,8-11,13H,6-7,12H2,1-2H3,(H,22,28). The van der Waals surface area contributed by atoms with E-state index in [2.05, 4.69) is 25.6 Å². The Labute approximate surface area is 167 Å². The molecule has 4 rings (SSSR count). The molecule has 9 nitrogen and oxygen atoms in total. The molecule has 1 N–H and O–H groups in total. The lowest BCUT2D eigenvalue weighted by Crippen LogP contribution is -2.12. The number of benzene rings is 1. The summed E-state index contributed by atoms with van der Waals surface area (Å²) in [5.41, 5.74) is 3.45. The summed E-state index contributed by atoms with van der Waals surface area (Å²) in [6.07, 6.45) is 6.01. The molecule has 0 saturated heterocycles. The van der Waals surface area contributed by atoms with E-state index in [1.165, 1.54) is 0 Å². The monoisotopic (exact) mass is 391 g/mol. The van der Waals surface area contributed by atoms with E-state index in [0.717, 1.165) is 22.6 Å². The van der Waals surface area contributed by atoms with Crippen LogP contribution in [0.4, 0.5) is 5.69 Å². The third-order valence-electron chi connectivity index (χ3n) is 4.39. The number of anilines is 1. The van der Waals surface area contributed by atoms with Crippen LogP contribution in [0.5, 0.6) is 0 Å². The van der Waals surface area contributed by atoms with Gasteiger partial charge in [-0.1, -0.05) is 12.1 Å². The molecule has 9 heteroatoms. The Kier molecular flexibility index (Phi) is 5.19. The number of carbonyl (C=O) groups is 1. The van der Waals surface area contributed by atoms with Crippen LogP contribution >= 0.6 is 0 Å². The summed E-state index contributed by atoms with van der Waals surface area (Å²) < 4.78 is 9.33. The highest BCUT2D eigenvalue weighted by molar-refractivity contribution is 5.90. The zero-order valence-corrected chi connectivity index (χ0v) is 16.2. The lowest BCUT2D eigenvalue weighted by molar-refractivity contribution is -0.116. The van der Waals surface area contributed by atoms with Gasteiger partial charge in [0.25, 0.3) is 5.89 Å². The molecule has 0 saturated carbocycles. The van der Waals surface area contributed by atoms with E-state index in [0.29, 0.717) is 24.7 Å². The lowest BCUT2D eigenvalue weighted by atomic mass is 10.2. The highest BCUT2D eigenvalue weighted by atomic mass is 16.4. The van der Waals surface area contributed by atoms with Gasteiger partial charge in [0, 0.05) is 44.5 Å². The summed E-state index contributed by atoms with van der Waals surface area (Å²) in [4.78, 5) is 16.4. The number of hydrogen-bond acceptors (Lipinski definition) is 6. The number of rotatable bonds is 7. The van der Waals surface area contributed by atoms with Crippen molar-refractivity contribution in [2.45, 2.75) is 26.3 Å². The summed E-state index contributed by atoms with van der Waals surface area (Å²) >= 11 is 0. The quantitative estimate of drug-likeness (QED) is 0.519. The highest BCUT2D eigenvalue weighted by Gasteiger charge is 2.14. The topological polar surface area (TPSA) is 104 Å². The number of aromatic nitrogens is 6. The number of nitrogens with zero attached hydrogens (tertiary/aromatic N) is 6. The molecule has 0 unspecified atom stereocenters. The summed E-state index contributed by atoms with van der Waals surface area (Å²) in [7, 11) is 1.82. The minimum Gasteiger partial charge on any atom is -0.419 e. The van der Waals surface area contributed by atoms with Gasteiger partial charge in [-0.15, -0.1) is 10.2 Å². The van der Waals surface area contributed by atoms with Crippen molar-refractivity contribution in [3.8, 4) is 11.6 Å². The third kappa shape index (κ3) is 4.57. The second-order valence-corrected chi connectivity index (χ2v) is 6.78. The SMILES string of the molecule is Cc1cc(-c2nnc(CCC(=O)Nc3cccc(Cn4ccnc4)c3)o2)n(C)n1. The lowest BCUT2D eigenvalue weighted by Gasteiger charge is -2.07. The smallest absolute Gasteiger partial charge is 0.265 e. The molecule has 3 aromatic heterocycles. The van der Waals surface area contributed by atoms with Gasteiger partial charge >= 0.3 is 0 Å². The maximum Gasteiger partial charge on any atom is 0.265 e. The van der Waals surface area contributed by atoms with Crippen molar-refractivity contribution in [2.75, 3.05) is 5.32 Å². The van der Waals surface area contributed by atoms with E-state index in [4.69, 9.17) is 4.42 Å². The van der Waals surface area contributed by atoms with Crippen LogP contribution in [-0.2, 0) is 24.8 Å². The predicted octanol–water partition coefficient (Wildman–Crippen LogP) is 2.59. The maximum absolute atomic E-state index is 12.3. The Morgan fingerprint density at radius 1 is 1.24 bits per heavy atom. The largest absolute Gasteiger partial charge is 0.419 e. The van der Waals surface area contributed by atoms with Gasteiger partial charge in [0.1, 0.15) is 5.69 Å². The van der Waals surface area contributed by atoms with E-state index in [-0.39, 0.29) is 12.3 Å². The highest BCUT2D eigenvalue weighted by Crippen LogP contribution is 2.19. The molecular weight excluding hydrogens is 370 g/mol. The van der Waals surface area contributed by atoms with Gasteiger partial charge in [0.15, 0.2) is 0 Å². The van der Waals surface area contributed by atoms with Crippen LogP contribution in [0.2, 0.25) is 0 Å². The predicted molar refractivity (Wildman–Crippen MR) is 106 cm³/mol. The van der Waals surface area contributed by atoms with E-state index >= 15 is 0 Å². The average molecular weight is 391 g/mol. The fraction of sp³-hybridized carbons (Fsp3) is 0.250. The first kappa shape index (κ1) is 18.6. The van der Waals surface area contributed by atoms with Gasteiger partial charge in [-0.2, -0.15) is 5.10 Å². The number of carbonyl (C=O) groups excluding carboxylic acids is 1. The molecule has 0 fully saturated rings. The van der Waals surface area contributed by atoms with Crippen LogP contribution in [0.25, 0.3) is 11.6 Å². The molecule has 0 bridgehead atoms. The van der Waals surface area contributed by atoms with Crippen LogP contribution in [-0.4, -0.2) is 35.4 Å². The van der Waals surface area contributed by atoms with Crippen molar-refractivity contribution in [1.29, 1.82) is 0 Å². The first-order chi connectivity index (χ1) is 14.1. The van der Waals surface area contributed by atoms with Crippen molar-refractivity contribution >= 4 is 11.6 Å². The summed E-state index contributed by atoms with van der Waals surface area (Å²) in [6, 6.07) is 9.62. The van der Waals surface area contributed by atoms with E-state index in [1.807, 2.05) is 55.1 Å². The zero-order chi connectivity index (χ0) is 20.2. The Morgan fingerprint density at radius 2 is 2.14 bits per heavy atom. The minimum atomic E-state index is -0.110. The summed E-state index contributed by atoms with van der Waals surface area (Å²) in [5, 5.41) is 15.3. The van der Waals surface area contributed by atoms with E-state index in [9.17, 15) is 4.79 Å². The van der Waals surface area contributed by atoms with E-state index < -0.39 is 0 Å². The second kappa shape index (κ2) is 8.09. The van der Waals surface area contributed by atoms with Crippen LogP contribution in [0, 0.1) is 6.92 Å². The van der Waals surface area contributed by atoms with Gasteiger partial charge in [0.05, 0.1) is 12.0 Å². The Balaban J connectivity index is 1.33. The number of nitrogens with one attached hydrogen (secondary N) is 1. The third-order valence-corrected chi connectivity index (χ3v) is 4.39. The Bertz CT molecular complexity index is 1110. The van der Waals surface area contributed by atoms with Gasteiger partial charge in [-0.05, 0) is 30.7 Å². The normalized spacial score (nSPS) is 11.0. The van der Waals surface area contributed by atoms with Gasteiger partial charge < -0.3 is 14.3 Å². The fourth-order valence-electron chi connectivity index (χ4n) is 3.05. The molecule has 29 heavy (non-hydrogen) atoms. The first-order valence-electron chi connectivity index (χ1n) is 9.25. The first-order valence-corrected chi connectivity index (χ1v) is 9.25. The Hall–Kier alpha value is -3.75. The van der Waals surface area contributed by atoms with Crippen molar-refractivity contribution in [2.24, 2.45) is 7.05 Å².